The molecule has 0 saturated heterocycles. The topological polar surface area (TPSA) is 81.9 Å². The number of H-pyrrole nitrogens is 1. The summed E-state index contributed by atoms with van der Waals surface area (Å²) in [6.07, 6.45) is 0. The first-order valence-electron chi connectivity index (χ1n) is 9.47. The molecule has 8 heteroatoms. The molecule has 0 bridgehead atoms. The molecule has 0 amide bonds. The van der Waals surface area contributed by atoms with E-state index in [4.69, 9.17) is 4.74 Å². The van der Waals surface area contributed by atoms with Crippen LogP contribution >= 0.6 is 11.8 Å². The van der Waals surface area contributed by atoms with Crippen LogP contribution < -0.4 is 11.2 Å². The number of aromatic nitrogens is 4. The first-order chi connectivity index (χ1) is 14.1. The first-order valence-corrected chi connectivity index (χ1v) is 10.5. The molecule has 1 N–H and O–H groups in total. The Hall–Kier alpha value is -2.84. The summed E-state index contributed by atoms with van der Waals surface area (Å²) in [4.78, 5) is 31.5. The van der Waals surface area contributed by atoms with Crippen molar-refractivity contribution in [2.24, 2.45) is 7.05 Å². The first kappa shape index (κ1) is 19.5. The summed E-state index contributed by atoms with van der Waals surface area (Å²) in [6, 6.07) is 14.5. The summed E-state index contributed by atoms with van der Waals surface area (Å²) < 4.78 is 8.70. The molecule has 4 rings (SSSR count). The summed E-state index contributed by atoms with van der Waals surface area (Å²) in [5, 5.41) is 3.08. The van der Waals surface area contributed by atoms with Gasteiger partial charge in [0.05, 0.1) is 6.61 Å². The minimum absolute atomic E-state index is 0.385. The Kier molecular flexibility index (Phi) is 5.55. The second kappa shape index (κ2) is 8.26. The molecule has 4 aromatic rings. The smallest absolute Gasteiger partial charge is 0.329 e. The Morgan fingerprint density at radius 3 is 2.76 bits per heavy atom. The summed E-state index contributed by atoms with van der Waals surface area (Å²) in [5.74, 6) is 0.700. The molecular formula is C21H22N4O3S. The predicted octanol–water partition coefficient (Wildman–Crippen LogP) is 2.91. The van der Waals surface area contributed by atoms with E-state index in [1.54, 1.807) is 18.8 Å². The van der Waals surface area contributed by atoms with Crippen LogP contribution in [0.1, 0.15) is 12.5 Å². The van der Waals surface area contributed by atoms with Gasteiger partial charge in [0.15, 0.2) is 16.3 Å². The number of aromatic amines is 1. The second-order valence-electron chi connectivity index (χ2n) is 6.66. The number of aryl methyl sites for hydroxylation is 1. The number of thioether (sulfide) groups is 1. The molecule has 0 unspecified atom stereocenters. The number of nitrogens with one attached hydrogen (secondary N) is 1. The average Bonchev–Trinajstić information content (AvgIpc) is 3.10. The maximum Gasteiger partial charge on any atom is 0.329 e. The second-order valence-corrected chi connectivity index (χ2v) is 7.60. The molecule has 0 atom stereocenters. The van der Waals surface area contributed by atoms with Gasteiger partial charge in [-0.25, -0.2) is 9.78 Å². The van der Waals surface area contributed by atoms with Crippen LogP contribution in [-0.4, -0.2) is 32.3 Å². The summed E-state index contributed by atoms with van der Waals surface area (Å²) in [5.41, 5.74) is 1.08. The fourth-order valence-electron chi connectivity index (χ4n) is 3.39. The molecule has 0 fully saturated rings. The van der Waals surface area contributed by atoms with Gasteiger partial charge in [-0.15, -0.1) is 0 Å². The van der Waals surface area contributed by atoms with E-state index in [9.17, 15) is 9.59 Å². The van der Waals surface area contributed by atoms with Crippen molar-refractivity contribution >= 4 is 33.7 Å². The summed E-state index contributed by atoms with van der Waals surface area (Å²) in [7, 11) is 1.61. The normalized spacial score (nSPS) is 11.5. The number of benzene rings is 2. The minimum Gasteiger partial charge on any atom is -0.380 e. The number of rotatable bonds is 7. The van der Waals surface area contributed by atoms with Crippen molar-refractivity contribution in [3.63, 3.8) is 0 Å². The van der Waals surface area contributed by atoms with Crippen LogP contribution in [0.2, 0.25) is 0 Å². The molecule has 0 saturated carbocycles. The molecule has 2 aromatic carbocycles. The highest BCUT2D eigenvalue weighted by atomic mass is 32.2. The molecule has 7 nitrogen and oxygen atoms in total. The van der Waals surface area contributed by atoms with Gasteiger partial charge in [0.1, 0.15) is 0 Å². The van der Waals surface area contributed by atoms with Crippen molar-refractivity contribution in [1.29, 1.82) is 0 Å². The zero-order chi connectivity index (χ0) is 20.4. The number of hydrogen-bond donors (Lipinski definition) is 1. The highest BCUT2D eigenvalue weighted by Crippen LogP contribution is 2.28. The van der Waals surface area contributed by atoms with Crippen LogP contribution in [0.5, 0.6) is 0 Å². The molecule has 0 spiro atoms. The van der Waals surface area contributed by atoms with Gasteiger partial charge in [-0.2, -0.15) is 0 Å². The van der Waals surface area contributed by atoms with Gasteiger partial charge < -0.3 is 9.30 Å². The van der Waals surface area contributed by atoms with Crippen LogP contribution in [0.3, 0.4) is 0 Å². The molecule has 0 aliphatic heterocycles. The van der Waals surface area contributed by atoms with Gasteiger partial charge in [0, 0.05) is 26.0 Å². The summed E-state index contributed by atoms with van der Waals surface area (Å²) >= 11 is 1.55. The lowest BCUT2D eigenvalue weighted by Gasteiger charge is -2.09. The van der Waals surface area contributed by atoms with E-state index >= 15 is 0 Å². The van der Waals surface area contributed by atoms with E-state index in [2.05, 4.69) is 34.2 Å². The SMILES string of the molecule is CCOCCn1c(SCc2cccc3ccccc23)nc2c1c(=O)[nH]c(=O)n2C. The fourth-order valence-corrected chi connectivity index (χ4v) is 4.42. The van der Waals surface area contributed by atoms with Crippen molar-refractivity contribution in [2.75, 3.05) is 13.2 Å². The minimum atomic E-state index is -0.470. The fraction of sp³-hybridized carbons (Fsp3) is 0.286. The maximum atomic E-state index is 12.5. The van der Waals surface area contributed by atoms with Crippen LogP contribution in [0.25, 0.3) is 21.9 Å². The molecule has 0 radical (unpaired) electrons. The predicted molar refractivity (Wildman–Crippen MR) is 116 cm³/mol. The van der Waals surface area contributed by atoms with E-state index in [1.807, 2.05) is 29.7 Å². The molecule has 0 aliphatic carbocycles. The Labute approximate surface area is 171 Å². The van der Waals surface area contributed by atoms with Gasteiger partial charge in [-0.1, -0.05) is 54.2 Å². The molecule has 2 aromatic heterocycles. The van der Waals surface area contributed by atoms with Gasteiger partial charge in [-0.05, 0) is 23.3 Å². The standard InChI is InChI=1S/C21H22N4O3S/c1-3-28-12-11-25-17-18(24(2)20(27)23-19(17)26)22-21(25)29-13-15-9-6-8-14-7-4-5-10-16(14)15/h4-10H,3,11-13H2,1-2H3,(H,23,26,27). The van der Waals surface area contributed by atoms with Gasteiger partial charge in [-0.3, -0.25) is 14.3 Å². The zero-order valence-electron chi connectivity index (χ0n) is 16.3. The molecule has 2 heterocycles. The highest BCUT2D eigenvalue weighted by molar-refractivity contribution is 7.98. The maximum absolute atomic E-state index is 12.5. The van der Waals surface area contributed by atoms with Gasteiger partial charge >= 0.3 is 5.69 Å². The van der Waals surface area contributed by atoms with E-state index in [1.165, 1.54) is 20.9 Å². The van der Waals surface area contributed by atoms with Crippen molar-refractivity contribution in [3.8, 4) is 0 Å². The van der Waals surface area contributed by atoms with Gasteiger partial charge in [0.2, 0.25) is 0 Å². The van der Waals surface area contributed by atoms with Crippen molar-refractivity contribution < 1.29 is 4.74 Å². The van der Waals surface area contributed by atoms with Crippen LogP contribution in [0.15, 0.2) is 57.2 Å². The van der Waals surface area contributed by atoms with Crippen LogP contribution in [-0.2, 0) is 24.1 Å². The lowest BCUT2D eigenvalue weighted by atomic mass is 10.1. The third-order valence-electron chi connectivity index (χ3n) is 4.87. The Morgan fingerprint density at radius 1 is 1.14 bits per heavy atom. The number of nitrogens with zero attached hydrogens (tertiary/aromatic N) is 3. The number of fused-ring (bicyclic) bond motifs is 2. The number of imidazole rings is 1. The average molecular weight is 410 g/mol. The quantitative estimate of drug-likeness (QED) is 0.374. The third kappa shape index (κ3) is 3.73. The molecule has 0 aliphatic rings. The summed E-state index contributed by atoms with van der Waals surface area (Å²) in [6.45, 7) is 3.48. The highest BCUT2D eigenvalue weighted by Gasteiger charge is 2.18. The third-order valence-corrected chi connectivity index (χ3v) is 5.90. The Bertz CT molecular complexity index is 1280. The monoisotopic (exact) mass is 410 g/mol. The Morgan fingerprint density at radius 2 is 1.93 bits per heavy atom. The van der Waals surface area contributed by atoms with E-state index in [0.717, 1.165) is 0 Å². The van der Waals surface area contributed by atoms with E-state index < -0.39 is 11.2 Å². The lowest BCUT2D eigenvalue weighted by molar-refractivity contribution is 0.138. The Balaban J connectivity index is 1.75. The number of hydrogen-bond acceptors (Lipinski definition) is 5. The van der Waals surface area contributed by atoms with Crippen LogP contribution in [0.4, 0.5) is 0 Å². The number of ether oxygens (including phenoxy) is 1. The molecule has 29 heavy (non-hydrogen) atoms. The van der Waals surface area contributed by atoms with Crippen LogP contribution in [0, 0.1) is 0 Å². The van der Waals surface area contributed by atoms with Crippen molar-refractivity contribution in [3.05, 3.63) is 68.9 Å². The lowest BCUT2D eigenvalue weighted by Crippen LogP contribution is -2.29. The van der Waals surface area contributed by atoms with E-state index in [-0.39, 0.29) is 0 Å². The van der Waals surface area contributed by atoms with Crippen molar-refractivity contribution in [1.82, 2.24) is 19.1 Å². The van der Waals surface area contributed by atoms with E-state index in [0.29, 0.717) is 41.8 Å². The molecule has 150 valence electrons. The molecular weight excluding hydrogens is 388 g/mol. The van der Waals surface area contributed by atoms with Crippen molar-refractivity contribution in [2.45, 2.75) is 24.4 Å². The zero-order valence-corrected chi connectivity index (χ0v) is 17.2. The largest absolute Gasteiger partial charge is 0.380 e. The van der Waals surface area contributed by atoms with Gasteiger partial charge in [0.25, 0.3) is 5.56 Å².